The lowest BCUT2D eigenvalue weighted by Crippen LogP contribution is -2.49. The van der Waals surface area contributed by atoms with Crippen molar-refractivity contribution in [1.29, 1.82) is 0 Å². The van der Waals surface area contributed by atoms with E-state index in [-0.39, 0.29) is 18.4 Å². The second kappa shape index (κ2) is 13.0. The number of hydrogen-bond donors (Lipinski definition) is 2. The van der Waals surface area contributed by atoms with Gasteiger partial charge < -0.3 is 20.0 Å². The summed E-state index contributed by atoms with van der Waals surface area (Å²) in [5, 5.41) is 13.8. The van der Waals surface area contributed by atoms with E-state index in [1.165, 1.54) is 57.2 Å². The third-order valence-corrected chi connectivity index (χ3v) is 6.62. The van der Waals surface area contributed by atoms with Crippen LogP contribution in [0.25, 0.3) is 0 Å². The largest absolute Gasteiger partial charge is 0.483 e. The molecule has 172 valence electrons. The zero-order chi connectivity index (χ0) is 22.5. The number of rotatable bonds is 4. The van der Waals surface area contributed by atoms with Gasteiger partial charge in [0.05, 0.1) is 5.41 Å². The number of carboxylic acid groups (broad SMARTS) is 2. The molecule has 2 N–H and O–H groups in total. The van der Waals surface area contributed by atoms with Gasteiger partial charge in [-0.15, -0.1) is 0 Å². The van der Waals surface area contributed by atoms with Gasteiger partial charge in [-0.2, -0.15) is 0 Å². The highest BCUT2D eigenvalue weighted by Gasteiger charge is 2.48. The van der Waals surface area contributed by atoms with Gasteiger partial charge in [0, 0.05) is 38.6 Å². The second-order valence-corrected chi connectivity index (χ2v) is 8.67. The summed E-state index contributed by atoms with van der Waals surface area (Å²) >= 11 is 0. The number of piperidine rings is 1. The fourth-order valence-electron chi connectivity index (χ4n) is 5.25. The molecule has 0 radical (unpaired) electrons. The Hall–Kier alpha value is -2.48. The average Bonchev–Trinajstić information content (AvgIpc) is 3.06. The highest BCUT2D eigenvalue weighted by atomic mass is 16.3. The van der Waals surface area contributed by atoms with Crippen LogP contribution in [0.3, 0.4) is 0 Å². The highest BCUT2D eigenvalue weighted by molar-refractivity contribution is 5.85. The van der Waals surface area contributed by atoms with Gasteiger partial charge in [0.15, 0.2) is 0 Å². The van der Waals surface area contributed by atoms with Crippen molar-refractivity contribution in [2.45, 2.75) is 57.9 Å². The lowest BCUT2D eigenvalue weighted by atomic mass is 9.78. The summed E-state index contributed by atoms with van der Waals surface area (Å²) in [6.45, 7) is 4.56. The Bertz CT molecular complexity index is 675. The average molecular weight is 434 g/mol. The molecule has 4 rings (SSSR count). The van der Waals surface area contributed by atoms with Crippen molar-refractivity contribution < 1.29 is 24.6 Å². The van der Waals surface area contributed by atoms with Crippen molar-refractivity contribution in [2.24, 2.45) is 11.3 Å². The van der Waals surface area contributed by atoms with Crippen LogP contribution in [0.1, 0.15) is 56.9 Å². The zero-order valence-corrected chi connectivity index (χ0v) is 18.2. The van der Waals surface area contributed by atoms with Gasteiger partial charge in [-0.3, -0.25) is 19.4 Å². The molecule has 8 nitrogen and oxygen atoms in total. The summed E-state index contributed by atoms with van der Waals surface area (Å²) in [6.07, 6.45) is 14.0. The van der Waals surface area contributed by atoms with E-state index >= 15 is 0 Å². The number of aromatic nitrogens is 1. The molecule has 3 aliphatic rings. The van der Waals surface area contributed by atoms with Gasteiger partial charge in [-0.1, -0.05) is 19.3 Å². The van der Waals surface area contributed by atoms with Gasteiger partial charge in [0.1, 0.15) is 0 Å². The van der Waals surface area contributed by atoms with E-state index in [4.69, 9.17) is 19.8 Å². The van der Waals surface area contributed by atoms with E-state index in [1.54, 1.807) is 0 Å². The molecule has 1 atom stereocenters. The van der Waals surface area contributed by atoms with Crippen molar-refractivity contribution in [3.05, 3.63) is 30.1 Å². The summed E-state index contributed by atoms with van der Waals surface area (Å²) in [7, 11) is 0. The first-order chi connectivity index (χ1) is 15.1. The first-order valence-electron chi connectivity index (χ1n) is 11.1. The highest BCUT2D eigenvalue weighted by Crippen LogP contribution is 2.41. The van der Waals surface area contributed by atoms with Crippen molar-refractivity contribution >= 4 is 18.9 Å². The smallest absolute Gasteiger partial charge is 0.290 e. The van der Waals surface area contributed by atoms with E-state index in [2.05, 4.69) is 14.8 Å². The van der Waals surface area contributed by atoms with Crippen LogP contribution < -0.4 is 0 Å². The molecule has 2 saturated heterocycles. The van der Waals surface area contributed by atoms with Crippen LogP contribution in [0.4, 0.5) is 0 Å². The van der Waals surface area contributed by atoms with Gasteiger partial charge >= 0.3 is 0 Å². The lowest BCUT2D eigenvalue weighted by molar-refractivity contribution is -0.139. The Morgan fingerprint density at radius 3 is 2.29 bits per heavy atom. The molecule has 8 heteroatoms. The topological polar surface area (TPSA) is 111 Å². The van der Waals surface area contributed by atoms with Crippen LogP contribution in [0.2, 0.25) is 0 Å². The molecule has 2 aliphatic heterocycles. The summed E-state index contributed by atoms with van der Waals surface area (Å²) in [4.78, 5) is 38.7. The molecule has 3 fully saturated rings. The lowest BCUT2D eigenvalue weighted by Gasteiger charge is -2.41. The fraction of sp³-hybridized carbons (Fsp3) is 0.652. The minimum atomic E-state index is -0.250. The standard InChI is InChI=1S/C21H31N3O.2CH2O2/c25-20-21(10-14-24(20)16-19-7-11-22-12-8-19)9-4-13-23(17-21)15-18-5-2-1-3-6-18;2*2-1-3/h7-8,11-12,18H,1-6,9-10,13-17H2;2*1H,(H,2,3). The van der Waals surface area contributed by atoms with Crippen molar-refractivity contribution in [3.8, 4) is 0 Å². The first kappa shape index (κ1) is 24.8. The molecule has 0 aromatic carbocycles. The zero-order valence-electron chi connectivity index (χ0n) is 18.2. The molecule has 1 aliphatic carbocycles. The van der Waals surface area contributed by atoms with Crippen LogP contribution in [-0.4, -0.2) is 70.0 Å². The van der Waals surface area contributed by atoms with Gasteiger partial charge in [-0.05, 0) is 62.3 Å². The van der Waals surface area contributed by atoms with E-state index in [1.807, 2.05) is 24.5 Å². The van der Waals surface area contributed by atoms with E-state index in [0.717, 1.165) is 38.4 Å². The number of carbonyl (C=O) groups is 3. The van der Waals surface area contributed by atoms with Crippen LogP contribution >= 0.6 is 0 Å². The monoisotopic (exact) mass is 433 g/mol. The van der Waals surface area contributed by atoms with Gasteiger partial charge in [-0.25, -0.2) is 0 Å². The number of amides is 1. The van der Waals surface area contributed by atoms with Crippen molar-refractivity contribution in [1.82, 2.24) is 14.8 Å². The Morgan fingerprint density at radius 2 is 1.65 bits per heavy atom. The number of nitrogens with zero attached hydrogens (tertiary/aromatic N) is 3. The van der Waals surface area contributed by atoms with Crippen molar-refractivity contribution in [3.63, 3.8) is 0 Å². The predicted octanol–water partition coefficient (Wildman–Crippen LogP) is 2.88. The Balaban J connectivity index is 0.000000513. The maximum atomic E-state index is 13.2. The Labute approximate surface area is 184 Å². The van der Waals surface area contributed by atoms with Crippen molar-refractivity contribution in [2.75, 3.05) is 26.2 Å². The summed E-state index contributed by atoms with van der Waals surface area (Å²) < 4.78 is 0. The molecule has 1 unspecified atom stereocenters. The SMILES string of the molecule is O=C1N(Cc2ccncc2)CCC12CCCN(CC1CCCCC1)C2.O=CO.O=CO. The second-order valence-electron chi connectivity index (χ2n) is 8.67. The molecular weight excluding hydrogens is 398 g/mol. The van der Waals surface area contributed by atoms with E-state index in [9.17, 15) is 4.79 Å². The van der Waals surface area contributed by atoms with Crippen LogP contribution in [-0.2, 0) is 20.9 Å². The molecular formula is C23H35N3O5. The van der Waals surface area contributed by atoms with E-state index < -0.39 is 0 Å². The van der Waals surface area contributed by atoms with E-state index in [0.29, 0.717) is 5.91 Å². The number of carbonyl (C=O) groups excluding carboxylic acids is 1. The third-order valence-electron chi connectivity index (χ3n) is 6.62. The number of likely N-dealkylation sites (tertiary alicyclic amines) is 2. The predicted molar refractivity (Wildman–Crippen MR) is 116 cm³/mol. The fourth-order valence-corrected chi connectivity index (χ4v) is 5.25. The van der Waals surface area contributed by atoms with Gasteiger partial charge in [0.2, 0.25) is 5.91 Å². The third kappa shape index (κ3) is 7.31. The van der Waals surface area contributed by atoms with Crippen LogP contribution in [0.15, 0.2) is 24.5 Å². The summed E-state index contributed by atoms with van der Waals surface area (Å²) in [6, 6.07) is 4.04. The molecule has 1 amide bonds. The Kier molecular flexibility index (Phi) is 10.4. The molecule has 1 spiro atoms. The molecule has 1 aromatic rings. The first-order valence-corrected chi connectivity index (χ1v) is 11.1. The van der Waals surface area contributed by atoms with Crippen LogP contribution in [0, 0.1) is 11.3 Å². The maximum Gasteiger partial charge on any atom is 0.290 e. The quantitative estimate of drug-likeness (QED) is 0.702. The molecule has 0 bridgehead atoms. The minimum absolute atomic E-state index is 0.0973. The molecule has 1 aromatic heterocycles. The number of hydrogen-bond acceptors (Lipinski definition) is 5. The van der Waals surface area contributed by atoms with Gasteiger partial charge in [0.25, 0.3) is 12.9 Å². The molecule has 31 heavy (non-hydrogen) atoms. The Morgan fingerprint density at radius 1 is 1.00 bits per heavy atom. The number of pyridine rings is 1. The van der Waals surface area contributed by atoms with Crippen LogP contribution in [0.5, 0.6) is 0 Å². The maximum absolute atomic E-state index is 13.2. The normalized spacial score (nSPS) is 24.0. The summed E-state index contributed by atoms with van der Waals surface area (Å²) in [5.41, 5.74) is 1.09. The molecule has 1 saturated carbocycles. The summed E-state index contributed by atoms with van der Waals surface area (Å²) in [5.74, 6) is 1.27. The minimum Gasteiger partial charge on any atom is -0.483 e. The molecule has 3 heterocycles.